The summed E-state index contributed by atoms with van der Waals surface area (Å²) in [4.78, 5) is 26.3. The molecule has 0 saturated carbocycles. The fourth-order valence-electron chi connectivity index (χ4n) is 2.78. The van der Waals surface area contributed by atoms with Crippen molar-refractivity contribution in [2.45, 2.75) is 0 Å². The molecule has 4 aromatic rings. The average molecular weight is 350 g/mol. The number of amides is 1. The van der Waals surface area contributed by atoms with Gasteiger partial charge in [-0.15, -0.1) is 0 Å². The number of carbonyl (C=O) groups is 2. The van der Waals surface area contributed by atoms with Crippen LogP contribution in [0, 0.1) is 0 Å². The van der Waals surface area contributed by atoms with E-state index in [9.17, 15) is 9.59 Å². The third-order valence-corrected chi connectivity index (χ3v) is 4.06. The average Bonchev–Trinajstić information content (AvgIpc) is 3.24. The van der Waals surface area contributed by atoms with Gasteiger partial charge >= 0.3 is 5.97 Å². The van der Waals surface area contributed by atoms with Gasteiger partial charge in [-0.05, 0) is 48.5 Å². The molecule has 0 aliphatic carbocycles. The number of ether oxygens (including phenoxy) is 1. The highest BCUT2D eigenvalue weighted by molar-refractivity contribution is 6.05. The Labute approximate surface area is 147 Å². The van der Waals surface area contributed by atoms with E-state index in [0.717, 1.165) is 5.39 Å². The SMILES string of the molecule is COc1ccc2oc(C(=O)Nc3ccc4[nH]c(C(=O)O)cc4c3)cc2c1. The summed E-state index contributed by atoms with van der Waals surface area (Å²) in [6.07, 6.45) is 0. The smallest absolute Gasteiger partial charge is 0.352 e. The Hall–Kier alpha value is -3.74. The first-order valence-corrected chi connectivity index (χ1v) is 7.78. The number of benzene rings is 2. The van der Waals surface area contributed by atoms with Crippen molar-refractivity contribution in [1.29, 1.82) is 0 Å². The Morgan fingerprint density at radius 3 is 2.69 bits per heavy atom. The number of rotatable bonds is 4. The fourth-order valence-corrected chi connectivity index (χ4v) is 2.78. The molecule has 0 atom stereocenters. The highest BCUT2D eigenvalue weighted by Crippen LogP contribution is 2.25. The van der Waals surface area contributed by atoms with E-state index in [0.29, 0.717) is 27.9 Å². The normalized spacial score (nSPS) is 11.0. The maximum Gasteiger partial charge on any atom is 0.352 e. The van der Waals surface area contributed by atoms with Gasteiger partial charge in [0.2, 0.25) is 0 Å². The second-order valence-electron chi connectivity index (χ2n) is 5.76. The lowest BCUT2D eigenvalue weighted by Gasteiger charge is -2.03. The molecule has 0 unspecified atom stereocenters. The number of nitrogens with one attached hydrogen (secondary N) is 2. The Balaban J connectivity index is 1.61. The highest BCUT2D eigenvalue weighted by atomic mass is 16.5. The third kappa shape index (κ3) is 2.75. The summed E-state index contributed by atoms with van der Waals surface area (Å²) < 4.78 is 10.7. The number of hydrogen-bond donors (Lipinski definition) is 3. The summed E-state index contributed by atoms with van der Waals surface area (Å²) in [6.45, 7) is 0. The molecule has 3 N–H and O–H groups in total. The number of aromatic nitrogens is 1. The van der Waals surface area contributed by atoms with Crippen LogP contribution in [0.2, 0.25) is 0 Å². The number of carbonyl (C=O) groups excluding carboxylic acids is 1. The fraction of sp³-hybridized carbons (Fsp3) is 0.0526. The van der Waals surface area contributed by atoms with Crippen LogP contribution in [0.1, 0.15) is 21.0 Å². The number of anilines is 1. The standard InChI is InChI=1S/C19H14N2O5/c1-25-13-3-5-16-11(7-13)9-17(26-16)18(22)20-12-2-4-14-10(6-12)8-15(21-14)19(23)24/h2-9,21H,1H3,(H,20,22)(H,23,24). The summed E-state index contributed by atoms with van der Waals surface area (Å²) >= 11 is 0. The van der Waals surface area contributed by atoms with E-state index in [4.69, 9.17) is 14.3 Å². The minimum Gasteiger partial charge on any atom is -0.497 e. The molecular weight excluding hydrogens is 336 g/mol. The van der Waals surface area contributed by atoms with Crippen molar-refractivity contribution >= 4 is 39.4 Å². The molecule has 7 heteroatoms. The van der Waals surface area contributed by atoms with E-state index in [1.165, 1.54) is 6.07 Å². The number of carboxylic acids is 1. The maximum atomic E-state index is 12.4. The van der Waals surface area contributed by atoms with E-state index in [2.05, 4.69) is 10.3 Å². The topological polar surface area (TPSA) is 105 Å². The number of hydrogen-bond acceptors (Lipinski definition) is 4. The van der Waals surface area contributed by atoms with Gasteiger partial charge in [-0.25, -0.2) is 4.79 Å². The van der Waals surface area contributed by atoms with Gasteiger partial charge in [-0.2, -0.15) is 0 Å². The summed E-state index contributed by atoms with van der Waals surface area (Å²) in [7, 11) is 1.57. The minimum absolute atomic E-state index is 0.0923. The minimum atomic E-state index is -1.04. The van der Waals surface area contributed by atoms with Gasteiger partial charge in [0.25, 0.3) is 5.91 Å². The predicted molar refractivity (Wildman–Crippen MR) is 96.0 cm³/mol. The zero-order valence-electron chi connectivity index (χ0n) is 13.7. The Morgan fingerprint density at radius 2 is 1.92 bits per heavy atom. The van der Waals surface area contributed by atoms with Crippen LogP contribution in [-0.2, 0) is 0 Å². The number of furan rings is 1. The van der Waals surface area contributed by atoms with Gasteiger partial charge in [0, 0.05) is 22.0 Å². The molecule has 4 rings (SSSR count). The molecule has 0 bridgehead atoms. The quantitative estimate of drug-likeness (QED) is 0.518. The van der Waals surface area contributed by atoms with E-state index in [1.54, 1.807) is 49.6 Å². The molecule has 0 aliphatic rings. The van der Waals surface area contributed by atoms with Gasteiger partial charge in [0.15, 0.2) is 5.76 Å². The molecule has 26 heavy (non-hydrogen) atoms. The lowest BCUT2D eigenvalue weighted by atomic mass is 10.2. The van der Waals surface area contributed by atoms with Crippen LogP contribution < -0.4 is 10.1 Å². The third-order valence-electron chi connectivity index (χ3n) is 4.06. The van der Waals surface area contributed by atoms with Crippen molar-refractivity contribution < 1.29 is 23.8 Å². The molecule has 0 saturated heterocycles. The lowest BCUT2D eigenvalue weighted by Crippen LogP contribution is -2.10. The maximum absolute atomic E-state index is 12.4. The van der Waals surface area contributed by atoms with Crippen molar-refractivity contribution in [2.24, 2.45) is 0 Å². The van der Waals surface area contributed by atoms with Gasteiger partial charge in [-0.1, -0.05) is 0 Å². The van der Waals surface area contributed by atoms with Gasteiger partial charge in [0.05, 0.1) is 7.11 Å². The molecular formula is C19H14N2O5. The van der Waals surface area contributed by atoms with Crippen molar-refractivity contribution in [1.82, 2.24) is 4.98 Å². The molecule has 0 spiro atoms. The first-order valence-electron chi connectivity index (χ1n) is 7.78. The molecule has 0 radical (unpaired) electrons. The van der Waals surface area contributed by atoms with Crippen LogP contribution in [0.3, 0.4) is 0 Å². The van der Waals surface area contributed by atoms with Gasteiger partial charge in [-0.3, -0.25) is 4.79 Å². The van der Waals surface area contributed by atoms with E-state index in [-0.39, 0.29) is 11.5 Å². The predicted octanol–water partition coefficient (Wildman–Crippen LogP) is 3.87. The largest absolute Gasteiger partial charge is 0.497 e. The van der Waals surface area contributed by atoms with Crippen molar-refractivity contribution in [3.63, 3.8) is 0 Å². The summed E-state index contributed by atoms with van der Waals surface area (Å²) in [5.74, 6) is -0.580. The number of methoxy groups -OCH3 is 1. The molecule has 7 nitrogen and oxygen atoms in total. The Kier molecular flexibility index (Phi) is 3.62. The number of H-pyrrole nitrogens is 1. The van der Waals surface area contributed by atoms with Crippen molar-refractivity contribution in [3.8, 4) is 5.75 Å². The van der Waals surface area contributed by atoms with E-state index < -0.39 is 11.9 Å². The zero-order valence-corrected chi connectivity index (χ0v) is 13.7. The van der Waals surface area contributed by atoms with Crippen LogP contribution in [0.15, 0.2) is 52.9 Å². The number of aromatic amines is 1. The second kappa shape index (κ2) is 5.96. The molecule has 2 aromatic carbocycles. The summed E-state index contributed by atoms with van der Waals surface area (Å²) in [5.41, 5.74) is 1.89. The van der Waals surface area contributed by atoms with E-state index >= 15 is 0 Å². The van der Waals surface area contributed by atoms with Crippen molar-refractivity contribution in [2.75, 3.05) is 12.4 Å². The molecule has 0 fully saturated rings. The number of aromatic carboxylic acids is 1. The highest BCUT2D eigenvalue weighted by Gasteiger charge is 2.14. The number of carboxylic acid groups (broad SMARTS) is 1. The Morgan fingerprint density at radius 1 is 1.08 bits per heavy atom. The van der Waals surface area contributed by atoms with E-state index in [1.807, 2.05) is 0 Å². The molecule has 1 amide bonds. The van der Waals surface area contributed by atoms with Crippen LogP contribution >= 0.6 is 0 Å². The first-order chi connectivity index (χ1) is 12.5. The monoisotopic (exact) mass is 350 g/mol. The summed E-state index contributed by atoms with van der Waals surface area (Å²) in [5, 5.41) is 13.2. The summed E-state index contributed by atoms with van der Waals surface area (Å²) in [6, 6.07) is 13.5. The second-order valence-corrected chi connectivity index (χ2v) is 5.76. The van der Waals surface area contributed by atoms with Crippen LogP contribution in [0.25, 0.3) is 21.9 Å². The van der Waals surface area contributed by atoms with Gasteiger partial charge < -0.3 is 24.6 Å². The van der Waals surface area contributed by atoms with Crippen LogP contribution in [-0.4, -0.2) is 29.1 Å². The van der Waals surface area contributed by atoms with Crippen LogP contribution in [0.4, 0.5) is 5.69 Å². The zero-order chi connectivity index (χ0) is 18.3. The molecule has 130 valence electrons. The van der Waals surface area contributed by atoms with Crippen molar-refractivity contribution in [3.05, 3.63) is 60.0 Å². The lowest BCUT2D eigenvalue weighted by molar-refractivity contribution is 0.0691. The molecule has 0 aliphatic heterocycles. The van der Waals surface area contributed by atoms with Crippen LogP contribution in [0.5, 0.6) is 5.75 Å². The molecule has 2 aromatic heterocycles. The van der Waals surface area contributed by atoms with Gasteiger partial charge in [0.1, 0.15) is 17.0 Å². The molecule has 2 heterocycles. The Bertz CT molecular complexity index is 1160. The first kappa shape index (κ1) is 15.8. The number of fused-ring (bicyclic) bond motifs is 2.